The van der Waals surface area contributed by atoms with Crippen molar-refractivity contribution in [3.63, 3.8) is 0 Å². The Morgan fingerprint density at radius 3 is 2.95 bits per heavy atom. The van der Waals surface area contributed by atoms with Crippen LogP contribution in [-0.2, 0) is 6.54 Å². The summed E-state index contributed by atoms with van der Waals surface area (Å²) in [5, 5.41) is 2.98. The Labute approximate surface area is 116 Å². The van der Waals surface area contributed by atoms with Gasteiger partial charge >= 0.3 is 0 Å². The van der Waals surface area contributed by atoms with Crippen LogP contribution in [0.4, 0.5) is 5.69 Å². The van der Waals surface area contributed by atoms with Gasteiger partial charge in [-0.05, 0) is 13.0 Å². The summed E-state index contributed by atoms with van der Waals surface area (Å²) in [6.07, 6.45) is 3.28. The lowest BCUT2D eigenvalue weighted by Gasteiger charge is -2.18. The van der Waals surface area contributed by atoms with Gasteiger partial charge in [-0.3, -0.25) is 9.78 Å². The molecule has 19 heavy (non-hydrogen) atoms. The van der Waals surface area contributed by atoms with E-state index in [-0.39, 0.29) is 5.91 Å². The molecule has 100 valence electrons. The van der Waals surface area contributed by atoms with Gasteiger partial charge in [-0.25, -0.2) is 4.98 Å². The topological polar surface area (TPSA) is 58.1 Å². The molecule has 6 heteroatoms. The monoisotopic (exact) mass is 276 g/mol. The maximum atomic E-state index is 12.4. The van der Waals surface area contributed by atoms with Crippen LogP contribution >= 0.6 is 11.3 Å². The molecular weight excluding hydrogens is 260 g/mol. The van der Waals surface area contributed by atoms with E-state index in [1.807, 2.05) is 6.92 Å². The van der Waals surface area contributed by atoms with E-state index in [1.165, 1.54) is 0 Å². The number of rotatable bonds is 4. The van der Waals surface area contributed by atoms with Gasteiger partial charge in [-0.15, -0.1) is 11.3 Å². The summed E-state index contributed by atoms with van der Waals surface area (Å²) in [7, 11) is 3.57. The van der Waals surface area contributed by atoms with Crippen molar-refractivity contribution in [1.29, 1.82) is 0 Å². The van der Waals surface area contributed by atoms with Crippen molar-refractivity contribution in [1.82, 2.24) is 14.9 Å². The molecule has 2 rings (SSSR count). The molecule has 0 saturated carbocycles. The molecule has 2 heterocycles. The lowest BCUT2D eigenvalue weighted by Crippen LogP contribution is -2.26. The van der Waals surface area contributed by atoms with E-state index in [2.05, 4.69) is 15.3 Å². The number of nitrogens with one attached hydrogen (secondary N) is 1. The number of anilines is 1. The average molecular weight is 276 g/mol. The molecule has 2 aromatic heterocycles. The Kier molecular flexibility index (Phi) is 4.11. The molecule has 0 saturated heterocycles. The molecule has 0 spiro atoms. The van der Waals surface area contributed by atoms with Gasteiger partial charge in [0.25, 0.3) is 5.91 Å². The number of aromatic nitrogens is 2. The zero-order valence-corrected chi connectivity index (χ0v) is 12.0. The first-order chi connectivity index (χ1) is 9.13. The van der Waals surface area contributed by atoms with Crippen LogP contribution in [0.25, 0.3) is 0 Å². The van der Waals surface area contributed by atoms with Gasteiger partial charge in [0.05, 0.1) is 35.2 Å². The predicted octanol–water partition coefficient (Wildman–Crippen LogP) is 2.16. The third kappa shape index (κ3) is 2.90. The Hall–Kier alpha value is -1.95. The predicted molar refractivity (Wildman–Crippen MR) is 76.4 cm³/mol. The van der Waals surface area contributed by atoms with Crippen molar-refractivity contribution in [3.05, 3.63) is 40.1 Å². The molecule has 1 N–H and O–H groups in total. The highest BCUT2D eigenvalue weighted by Gasteiger charge is 2.16. The molecule has 0 unspecified atom stereocenters. The zero-order chi connectivity index (χ0) is 13.8. The number of aryl methyl sites for hydroxylation is 1. The molecule has 0 bridgehead atoms. The Morgan fingerprint density at radius 1 is 1.53 bits per heavy atom. The highest BCUT2D eigenvalue weighted by Crippen LogP contribution is 2.18. The van der Waals surface area contributed by atoms with Crippen LogP contribution in [-0.4, -0.2) is 34.9 Å². The molecule has 0 aliphatic heterocycles. The van der Waals surface area contributed by atoms with Crippen LogP contribution < -0.4 is 5.32 Å². The van der Waals surface area contributed by atoms with E-state index in [1.54, 1.807) is 54.3 Å². The van der Waals surface area contributed by atoms with Gasteiger partial charge in [0, 0.05) is 25.2 Å². The van der Waals surface area contributed by atoms with Crippen LogP contribution in [0, 0.1) is 6.92 Å². The first-order valence-electron chi connectivity index (χ1n) is 5.89. The maximum Gasteiger partial charge on any atom is 0.256 e. The summed E-state index contributed by atoms with van der Waals surface area (Å²) in [5.74, 6) is -0.0282. The van der Waals surface area contributed by atoms with E-state index >= 15 is 0 Å². The summed E-state index contributed by atoms with van der Waals surface area (Å²) in [4.78, 5) is 23.4. The number of hydrogen-bond acceptors (Lipinski definition) is 5. The van der Waals surface area contributed by atoms with E-state index in [9.17, 15) is 4.79 Å². The minimum Gasteiger partial charge on any atom is -0.386 e. The van der Waals surface area contributed by atoms with Gasteiger partial charge in [-0.1, -0.05) is 0 Å². The van der Waals surface area contributed by atoms with Crippen molar-refractivity contribution in [2.24, 2.45) is 0 Å². The fourth-order valence-electron chi connectivity index (χ4n) is 1.75. The fraction of sp³-hybridized carbons (Fsp3) is 0.308. The van der Waals surface area contributed by atoms with E-state index in [4.69, 9.17) is 0 Å². The molecule has 0 radical (unpaired) electrons. The van der Waals surface area contributed by atoms with Crippen LogP contribution in [0.15, 0.2) is 24.0 Å². The second-order valence-electron chi connectivity index (χ2n) is 4.19. The molecule has 0 fully saturated rings. The lowest BCUT2D eigenvalue weighted by molar-refractivity contribution is 0.0787. The maximum absolute atomic E-state index is 12.4. The van der Waals surface area contributed by atoms with Crippen LogP contribution in [0.3, 0.4) is 0 Å². The van der Waals surface area contributed by atoms with Crippen molar-refractivity contribution >= 4 is 22.9 Å². The number of amides is 1. The first kappa shape index (κ1) is 13.5. The number of thiazole rings is 1. The van der Waals surface area contributed by atoms with Gasteiger partial charge in [0.1, 0.15) is 0 Å². The lowest BCUT2D eigenvalue weighted by atomic mass is 10.2. The molecule has 0 aliphatic carbocycles. The Balaban J connectivity index is 2.17. The minimum absolute atomic E-state index is 0.0282. The second-order valence-corrected chi connectivity index (χ2v) is 5.13. The summed E-state index contributed by atoms with van der Waals surface area (Å²) >= 11 is 1.57. The Bertz CT molecular complexity index is 582. The highest BCUT2D eigenvalue weighted by atomic mass is 32.1. The van der Waals surface area contributed by atoms with Crippen molar-refractivity contribution in [3.8, 4) is 0 Å². The summed E-state index contributed by atoms with van der Waals surface area (Å²) in [6, 6.07) is 1.73. The van der Waals surface area contributed by atoms with Gasteiger partial charge in [0.2, 0.25) is 0 Å². The average Bonchev–Trinajstić information content (AvgIpc) is 2.83. The number of carbonyl (C=O) groups excluding carboxylic acids is 1. The smallest absolute Gasteiger partial charge is 0.256 e. The van der Waals surface area contributed by atoms with Crippen LogP contribution in [0.1, 0.15) is 20.9 Å². The third-order valence-electron chi connectivity index (χ3n) is 2.89. The molecule has 0 atom stereocenters. The number of pyridine rings is 1. The second kappa shape index (κ2) is 5.79. The van der Waals surface area contributed by atoms with Crippen molar-refractivity contribution < 1.29 is 4.79 Å². The highest BCUT2D eigenvalue weighted by molar-refractivity contribution is 7.09. The number of carbonyl (C=O) groups is 1. The normalized spacial score (nSPS) is 10.3. The number of hydrogen-bond donors (Lipinski definition) is 1. The summed E-state index contributed by atoms with van der Waals surface area (Å²) < 4.78 is 0. The van der Waals surface area contributed by atoms with Crippen molar-refractivity contribution in [2.75, 3.05) is 19.4 Å². The molecule has 2 aromatic rings. The fourth-order valence-corrected chi connectivity index (χ4v) is 2.58. The summed E-state index contributed by atoms with van der Waals surface area (Å²) in [5.41, 5.74) is 4.14. The van der Waals surface area contributed by atoms with E-state index in [0.717, 1.165) is 16.3 Å². The standard InChI is InChI=1S/C13H16N4OS/c1-9-12(19-8-16-9)7-17(3)13(18)10-4-5-15-6-11(10)14-2/h4-6,8,14H,7H2,1-3H3. The molecule has 0 aliphatic rings. The number of nitrogens with zero attached hydrogens (tertiary/aromatic N) is 3. The Morgan fingerprint density at radius 2 is 2.32 bits per heavy atom. The van der Waals surface area contributed by atoms with Gasteiger partial charge in [0.15, 0.2) is 0 Å². The van der Waals surface area contributed by atoms with Crippen molar-refractivity contribution in [2.45, 2.75) is 13.5 Å². The zero-order valence-electron chi connectivity index (χ0n) is 11.2. The van der Waals surface area contributed by atoms with E-state index in [0.29, 0.717) is 12.1 Å². The quantitative estimate of drug-likeness (QED) is 0.929. The summed E-state index contributed by atoms with van der Waals surface area (Å²) in [6.45, 7) is 2.52. The molecule has 0 aromatic carbocycles. The largest absolute Gasteiger partial charge is 0.386 e. The SMILES string of the molecule is CNc1cnccc1C(=O)N(C)Cc1scnc1C. The van der Waals surface area contributed by atoms with Gasteiger partial charge < -0.3 is 10.2 Å². The van der Waals surface area contributed by atoms with E-state index < -0.39 is 0 Å². The molecular formula is C13H16N4OS. The third-order valence-corrected chi connectivity index (χ3v) is 3.81. The molecule has 1 amide bonds. The van der Waals surface area contributed by atoms with Crippen LogP contribution in [0.5, 0.6) is 0 Å². The molecule has 5 nitrogen and oxygen atoms in total. The van der Waals surface area contributed by atoms with Crippen LogP contribution in [0.2, 0.25) is 0 Å². The van der Waals surface area contributed by atoms with Gasteiger partial charge in [-0.2, -0.15) is 0 Å². The minimum atomic E-state index is -0.0282. The first-order valence-corrected chi connectivity index (χ1v) is 6.77.